The third-order valence-corrected chi connectivity index (χ3v) is 4.63. The van der Waals surface area contributed by atoms with Crippen molar-refractivity contribution in [2.24, 2.45) is 0 Å². The van der Waals surface area contributed by atoms with Crippen LogP contribution in [0.2, 0.25) is 0 Å². The second-order valence-corrected chi connectivity index (χ2v) is 6.41. The Balaban J connectivity index is 1.45. The van der Waals surface area contributed by atoms with Gasteiger partial charge in [0, 0.05) is 17.5 Å². The zero-order valence-corrected chi connectivity index (χ0v) is 13.9. The highest BCUT2D eigenvalue weighted by atomic mass is 16.5. The summed E-state index contributed by atoms with van der Waals surface area (Å²) in [4.78, 5) is 16.3. The van der Waals surface area contributed by atoms with E-state index in [-0.39, 0.29) is 12.4 Å². The van der Waals surface area contributed by atoms with Crippen LogP contribution in [-0.2, 0) is 13.0 Å². The van der Waals surface area contributed by atoms with Crippen molar-refractivity contribution in [3.05, 3.63) is 59.9 Å². The lowest BCUT2D eigenvalue weighted by molar-refractivity contribution is 0.0919. The zero-order valence-electron chi connectivity index (χ0n) is 13.9. The minimum absolute atomic E-state index is 0.178. The molecule has 0 spiro atoms. The molecule has 1 heterocycles. The third-order valence-electron chi connectivity index (χ3n) is 4.63. The smallest absolute Gasteiger partial charge is 0.163 e. The second-order valence-electron chi connectivity index (χ2n) is 6.41. The molecule has 5 heteroatoms. The Morgan fingerprint density at radius 2 is 2.04 bits per heavy atom. The molecule has 128 valence electrons. The molecule has 1 aliphatic carbocycles. The number of aliphatic hydroxyl groups excluding tert-OH is 1. The summed E-state index contributed by atoms with van der Waals surface area (Å²) in [7, 11) is 0. The zero-order chi connectivity index (χ0) is 17.2. The van der Waals surface area contributed by atoms with Crippen LogP contribution >= 0.6 is 0 Å². The quantitative estimate of drug-likeness (QED) is 0.778. The predicted molar refractivity (Wildman–Crippen MR) is 94.9 cm³/mol. The van der Waals surface area contributed by atoms with E-state index < -0.39 is 6.10 Å². The number of ketones is 1. The summed E-state index contributed by atoms with van der Waals surface area (Å²) >= 11 is 0. The maximum absolute atomic E-state index is 12.0. The van der Waals surface area contributed by atoms with Gasteiger partial charge in [0.25, 0.3) is 0 Å². The summed E-state index contributed by atoms with van der Waals surface area (Å²) in [6, 6.07) is 13.4. The van der Waals surface area contributed by atoms with Crippen molar-refractivity contribution in [3.8, 4) is 5.75 Å². The van der Waals surface area contributed by atoms with Gasteiger partial charge in [-0.05, 0) is 31.0 Å². The van der Waals surface area contributed by atoms with Crippen molar-refractivity contribution < 1.29 is 14.6 Å². The number of para-hydroxylation sites is 2. The van der Waals surface area contributed by atoms with Crippen LogP contribution in [0.25, 0.3) is 11.0 Å². The number of carbonyl (C=O) groups is 1. The number of aromatic nitrogens is 2. The predicted octanol–water partition coefficient (Wildman–Crippen LogP) is 3.00. The molecule has 1 atom stereocenters. The summed E-state index contributed by atoms with van der Waals surface area (Å²) in [6.45, 7) is 0.589. The van der Waals surface area contributed by atoms with E-state index in [1.807, 2.05) is 47.0 Å². The molecular weight excluding hydrogens is 316 g/mol. The number of ether oxygens (including phenoxy) is 1. The van der Waals surface area contributed by atoms with Gasteiger partial charge < -0.3 is 14.4 Å². The Labute approximate surface area is 145 Å². The largest absolute Gasteiger partial charge is 0.491 e. The third kappa shape index (κ3) is 3.15. The number of benzene rings is 2. The molecular formula is C20H20N2O3. The molecule has 25 heavy (non-hydrogen) atoms. The standard InChI is InChI=1S/C20H20N2O3/c23-14(11-22-13-21-17-7-1-2-8-18(17)22)12-25-20-10-4-5-15-16(20)6-3-9-19(15)24/h1-2,4-5,7-8,10,13-14,23H,3,6,9,11-12H2/t14-/m1/s1. The molecule has 3 aromatic rings. The first-order valence-corrected chi connectivity index (χ1v) is 8.58. The second kappa shape index (κ2) is 6.69. The van der Waals surface area contributed by atoms with E-state index in [9.17, 15) is 9.90 Å². The van der Waals surface area contributed by atoms with Gasteiger partial charge in [-0.15, -0.1) is 0 Å². The van der Waals surface area contributed by atoms with Gasteiger partial charge in [0.15, 0.2) is 5.78 Å². The molecule has 5 nitrogen and oxygen atoms in total. The Morgan fingerprint density at radius 3 is 2.96 bits per heavy atom. The monoisotopic (exact) mass is 336 g/mol. The van der Waals surface area contributed by atoms with Crippen molar-refractivity contribution >= 4 is 16.8 Å². The molecule has 0 saturated carbocycles. The first-order valence-electron chi connectivity index (χ1n) is 8.58. The van der Waals surface area contributed by atoms with Gasteiger partial charge in [-0.3, -0.25) is 4.79 Å². The van der Waals surface area contributed by atoms with E-state index in [4.69, 9.17) is 4.74 Å². The van der Waals surface area contributed by atoms with Crippen LogP contribution in [0.4, 0.5) is 0 Å². The normalized spacial score (nSPS) is 15.2. The molecule has 1 aromatic heterocycles. The van der Waals surface area contributed by atoms with Gasteiger partial charge in [-0.25, -0.2) is 4.98 Å². The Bertz CT molecular complexity index is 916. The van der Waals surface area contributed by atoms with Gasteiger partial charge in [0.05, 0.1) is 23.9 Å². The SMILES string of the molecule is O=C1CCCc2c(OC[C@H](O)Cn3cnc4ccccc43)cccc21. The van der Waals surface area contributed by atoms with Crippen molar-refractivity contribution in [1.29, 1.82) is 0 Å². The number of nitrogens with zero attached hydrogens (tertiary/aromatic N) is 2. The lowest BCUT2D eigenvalue weighted by Gasteiger charge is -2.20. The van der Waals surface area contributed by atoms with Crippen molar-refractivity contribution in [2.75, 3.05) is 6.61 Å². The number of imidazole rings is 1. The van der Waals surface area contributed by atoms with Gasteiger partial charge in [0.1, 0.15) is 18.5 Å². The van der Waals surface area contributed by atoms with Crippen molar-refractivity contribution in [2.45, 2.75) is 31.9 Å². The number of hydrogen-bond acceptors (Lipinski definition) is 4. The number of Topliss-reactive ketones (excluding diaryl/α,β-unsaturated/α-hetero) is 1. The number of hydrogen-bond donors (Lipinski definition) is 1. The minimum atomic E-state index is -0.659. The van der Waals surface area contributed by atoms with Crippen LogP contribution in [0, 0.1) is 0 Å². The average Bonchev–Trinajstić information content (AvgIpc) is 3.03. The van der Waals surface area contributed by atoms with E-state index in [1.54, 1.807) is 6.33 Å². The molecule has 0 saturated heterocycles. The van der Waals surface area contributed by atoms with Crippen LogP contribution in [0.5, 0.6) is 5.75 Å². The fourth-order valence-corrected chi connectivity index (χ4v) is 3.40. The van der Waals surface area contributed by atoms with Crippen molar-refractivity contribution in [1.82, 2.24) is 9.55 Å². The maximum Gasteiger partial charge on any atom is 0.163 e. The van der Waals surface area contributed by atoms with E-state index >= 15 is 0 Å². The molecule has 2 aromatic carbocycles. The van der Waals surface area contributed by atoms with Crippen LogP contribution in [0.3, 0.4) is 0 Å². The van der Waals surface area contributed by atoms with Crippen LogP contribution in [-0.4, -0.2) is 33.2 Å². The fraction of sp³-hybridized carbons (Fsp3) is 0.300. The van der Waals surface area contributed by atoms with Gasteiger partial charge in [-0.1, -0.05) is 24.3 Å². The van der Waals surface area contributed by atoms with E-state index in [1.165, 1.54) is 0 Å². The average molecular weight is 336 g/mol. The topological polar surface area (TPSA) is 64.3 Å². The number of carbonyl (C=O) groups excluding carboxylic acids is 1. The van der Waals surface area contributed by atoms with Gasteiger partial charge in [-0.2, -0.15) is 0 Å². The summed E-state index contributed by atoms with van der Waals surface area (Å²) in [5, 5.41) is 10.4. The highest BCUT2D eigenvalue weighted by Gasteiger charge is 2.20. The highest BCUT2D eigenvalue weighted by molar-refractivity contribution is 5.99. The summed E-state index contributed by atoms with van der Waals surface area (Å²) < 4.78 is 7.76. The van der Waals surface area contributed by atoms with Crippen LogP contribution in [0.15, 0.2) is 48.8 Å². The van der Waals surface area contributed by atoms with Crippen LogP contribution < -0.4 is 4.74 Å². The lowest BCUT2D eigenvalue weighted by Crippen LogP contribution is -2.24. The molecule has 0 unspecified atom stereocenters. The van der Waals surface area contributed by atoms with E-state index in [0.717, 1.165) is 35.0 Å². The summed E-state index contributed by atoms with van der Waals surface area (Å²) in [5.41, 5.74) is 3.63. The maximum atomic E-state index is 12.0. The van der Waals surface area contributed by atoms with E-state index in [0.29, 0.717) is 18.7 Å². The summed E-state index contributed by atoms with van der Waals surface area (Å²) in [6.07, 6.45) is 3.38. The Kier molecular flexibility index (Phi) is 4.24. The molecule has 0 amide bonds. The molecule has 1 N–H and O–H groups in total. The minimum Gasteiger partial charge on any atom is -0.491 e. The van der Waals surface area contributed by atoms with Gasteiger partial charge in [0.2, 0.25) is 0 Å². The molecule has 0 radical (unpaired) electrons. The van der Waals surface area contributed by atoms with Crippen molar-refractivity contribution in [3.63, 3.8) is 0 Å². The first-order chi connectivity index (χ1) is 12.2. The lowest BCUT2D eigenvalue weighted by atomic mass is 9.90. The first kappa shape index (κ1) is 15.8. The number of rotatable bonds is 5. The fourth-order valence-electron chi connectivity index (χ4n) is 3.40. The Hall–Kier alpha value is -2.66. The molecule has 1 aliphatic rings. The number of aliphatic hydroxyl groups is 1. The molecule has 4 rings (SSSR count). The summed E-state index contributed by atoms with van der Waals surface area (Å²) in [5.74, 6) is 0.886. The Morgan fingerprint density at radius 1 is 1.16 bits per heavy atom. The number of fused-ring (bicyclic) bond motifs is 2. The van der Waals surface area contributed by atoms with Crippen LogP contribution in [0.1, 0.15) is 28.8 Å². The molecule has 0 aliphatic heterocycles. The van der Waals surface area contributed by atoms with Gasteiger partial charge >= 0.3 is 0 Å². The van der Waals surface area contributed by atoms with E-state index in [2.05, 4.69) is 4.98 Å². The molecule has 0 bridgehead atoms. The highest BCUT2D eigenvalue weighted by Crippen LogP contribution is 2.29. The molecule has 0 fully saturated rings.